The van der Waals surface area contributed by atoms with Crippen LogP contribution in [0, 0.1) is 0 Å². The van der Waals surface area contributed by atoms with Crippen LogP contribution in [0.5, 0.6) is 23.0 Å². The first kappa shape index (κ1) is 17.4. The average Bonchev–Trinajstić information content (AvgIpc) is 2.66. The van der Waals surface area contributed by atoms with Crippen molar-refractivity contribution in [3.8, 4) is 23.0 Å². The molecule has 0 unspecified atom stereocenters. The van der Waals surface area contributed by atoms with Gasteiger partial charge in [0.1, 0.15) is 28.6 Å². The van der Waals surface area contributed by atoms with E-state index in [1.165, 1.54) is 18.2 Å². The van der Waals surface area contributed by atoms with Crippen LogP contribution in [-0.2, 0) is 6.42 Å². The number of phenols is 2. The summed E-state index contributed by atoms with van der Waals surface area (Å²) in [5, 5.41) is 24.2. The Morgan fingerprint density at radius 1 is 0.857 bits per heavy atom. The highest BCUT2D eigenvalue weighted by atomic mass is 16.5. The number of amides is 3. The lowest BCUT2D eigenvalue weighted by molar-refractivity contribution is 0.0962. The molecule has 7 heteroatoms. The number of carbonyl (C=O) groups is 2. The Bertz CT molecular complexity index is 1070. The minimum Gasteiger partial charge on any atom is -0.507 e. The van der Waals surface area contributed by atoms with E-state index in [4.69, 9.17) is 4.74 Å². The Morgan fingerprint density at radius 3 is 2.32 bits per heavy atom. The zero-order valence-electron chi connectivity index (χ0n) is 14.6. The number of benzene rings is 3. The highest BCUT2D eigenvalue weighted by Gasteiger charge is 2.22. The maximum atomic E-state index is 12.3. The standard InChI is InChI=1S/C21H16N2O5/c24-15-7-4-8-16(25)19(15)20(26)23-21(27)22-14-6-3-10-18-13(14)11-12-5-1-2-9-17(12)28-18/h1-10,24-25H,11H2,(H2,22,23,26,27). The van der Waals surface area contributed by atoms with E-state index in [9.17, 15) is 19.8 Å². The smallest absolute Gasteiger partial charge is 0.326 e. The zero-order chi connectivity index (χ0) is 19.7. The molecule has 3 aromatic carbocycles. The maximum Gasteiger partial charge on any atom is 0.326 e. The fourth-order valence-electron chi connectivity index (χ4n) is 3.10. The lowest BCUT2D eigenvalue weighted by atomic mass is 9.99. The van der Waals surface area contributed by atoms with Crippen molar-refractivity contribution in [3.63, 3.8) is 0 Å². The topological polar surface area (TPSA) is 108 Å². The number of aromatic hydroxyl groups is 2. The van der Waals surface area contributed by atoms with Crippen molar-refractivity contribution in [2.45, 2.75) is 6.42 Å². The highest BCUT2D eigenvalue weighted by Crippen LogP contribution is 2.39. The van der Waals surface area contributed by atoms with Gasteiger partial charge in [-0.05, 0) is 35.9 Å². The normalized spacial score (nSPS) is 11.6. The summed E-state index contributed by atoms with van der Waals surface area (Å²) in [6.45, 7) is 0. The van der Waals surface area contributed by atoms with Gasteiger partial charge in [-0.2, -0.15) is 0 Å². The van der Waals surface area contributed by atoms with E-state index < -0.39 is 23.4 Å². The Kier molecular flexibility index (Phi) is 4.33. The summed E-state index contributed by atoms with van der Waals surface area (Å²) >= 11 is 0. The first-order valence-electron chi connectivity index (χ1n) is 8.54. The maximum absolute atomic E-state index is 12.3. The van der Waals surface area contributed by atoms with Crippen LogP contribution < -0.4 is 15.4 Å². The largest absolute Gasteiger partial charge is 0.507 e. The molecule has 3 aromatic rings. The molecular weight excluding hydrogens is 360 g/mol. The molecule has 0 atom stereocenters. The predicted octanol–water partition coefficient (Wildman–Crippen LogP) is 3.76. The SMILES string of the molecule is O=C(NC(=O)c1c(O)cccc1O)Nc1cccc2c1Cc1ccccc1O2. The van der Waals surface area contributed by atoms with Gasteiger partial charge in [0.05, 0.1) is 0 Å². The van der Waals surface area contributed by atoms with Gasteiger partial charge in [-0.1, -0.05) is 30.3 Å². The van der Waals surface area contributed by atoms with Crippen molar-refractivity contribution < 1.29 is 24.5 Å². The summed E-state index contributed by atoms with van der Waals surface area (Å²) in [6.07, 6.45) is 0.566. The number of phenolic OH excluding ortho intramolecular Hbond substituents is 2. The molecule has 0 radical (unpaired) electrons. The Labute approximate surface area is 160 Å². The first-order valence-corrected chi connectivity index (χ1v) is 8.54. The number of urea groups is 1. The van der Waals surface area contributed by atoms with E-state index in [-0.39, 0.29) is 5.56 Å². The van der Waals surface area contributed by atoms with Crippen LogP contribution >= 0.6 is 0 Å². The molecule has 0 saturated carbocycles. The van der Waals surface area contributed by atoms with Crippen molar-refractivity contribution in [2.75, 3.05) is 5.32 Å². The summed E-state index contributed by atoms with van der Waals surface area (Å²) in [7, 11) is 0. The molecule has 1 aliphatic rings. The van der Waals surface area contributed by atoms with Gasteiger partial charge in [0.15, 0.2) is 0 Å². The number of anilines is 1. The first-order chi connectivity index (χ1) is 13.5. The zero-order valence-corrected chi connectivity index (χ0v) is 14.6. The van der Waals surface area contributed by atoms with Crippen LogP contribution in [0.15, 0.2) is 60.7 Å². The molecule has 0 spiro atoms. The number of hydrogen-bond donors (Lipinski definition) is 4. The third kappa shape index (κ3) is 3.21. The minimum atomic E-state index is -0.917. The van der Waals surface area contributed by atoms with Crippen molar-refractivity contribution in [1.82, 2.24) is 5.32 Å². The van der Waals surface area contributed by atoms with Crippen LogP contribution in [0.1, 0.15) is 21.5 Å². The molecule has 0 saturated heterocycles. The number of fused-ring (bicyclic) bond motifs is 2. The molecule has 1 aliphatic heterocycles. The lowest BCUT2D eigenvalue weighted by Crippen LogP contribution is -2.34. The van der Waals surface area contributed by atoms with Gasteiger partial charge in [0, 0.05) is 17.7 Å². The van der Waals surface area contributed by atoms with Crippen LogP contribution in [0.4, 0.5) is 10.5 Å². The molecule has 0 aromatic heterocycles. The molecule has 0 fully saturated rings. The van der Waals surface area contributed by atoms with Gasteiger partial charge in [0.2, 0.25) is 0 Å². The van der Waals surface area contributed by atoms with E-state index in [0.717, 1.165) is 16.9 Å². The van der Waals surface area contributed by atoms with E-state index in [0.29, 0.717) is 17.9 Å². The van der Waals surface area contributed by atoms with E-state index >= 15 is 0 Å². The van der Waals surface area contributed by atoms with E-state index in [1.54, 1.807) is 18.2 Å². The molecule has 4 rings (SSSR count). The number of para-hydroxylation sites is 1. The van der Waals surface area contributed by atoms with Crippen molar-refractivity contribution in [3.05, 3.63) is 77.4 Å². The fraction of sp³-hybridized carbons (Fsp3) is 0.0476. The van der Waals surface area contributed by atoms with Gasteiger partial charge in [0.25, 0.3) is 5.91 Å². The number of imide groups is 1. The molecule has 0 bridgehead atoms. The highest BCUT2D eigenvalue weighted by molar-refractivity contribution is 6.10. The third-order valence-electron chi connectivity index (χ3n) is 4.42. The summed E-state index contributed by atoms with van der Waals surface area (Å²) in [4.78, 5) is 24.5. The second kappa shape index (κ2) is 6.96. The van der Waals surface area contributed by atoms with Gasteiger partial charge in [-0.25, -0.2) is 4.79 Å². The Morgan fingerprint density at radius 2 is 1.54 bits per heavy atom. The summed E-state index contributed by atoms with van der Waals surface area (Å²) < 4.78 is 5.88. The number of carbonyl (C=O) groups excluding carboxylic acids is 2. The molecule has 7 nitrogen and oxygen atoms in total. The molecule has 140 valence electrons. The molecule has 28 heavy (non-hydrogen) atoms. The third-order valence-corrected chi connectivity index (χ3v) is 4.42. The second-order valence-electron chi connectivity index (χ2n) is 6.25. The Balaban J connectivity index is 1.53. The van der Waals surface area contributed by atoms with Gasteiger partial charge in [-0.15, -0.1) is 0 Å². The van der Waals surface area contributed by atoms with Crippen LogP contribution in [0.3, 0.4) is 0 Å². The molecule has 0 aliphatic carbocycles. The number of rotatable bonds is 2. The molecule has 3 amide bonds. The molecule has 4 N–H and O–H groups in total. The van der Waals surface area contributed by atoms with Gasteiger partial charge < -0.3 is 20.3 Å². The molecular formula is C21H16N2O5. The van der Waals surface area contributed by atoms with E-state index in [2.05, 4.69) is 10.6 Å². The summed E-state index contributed by atoms with van der Waals surface area (Å²) in [5.74, 6) is -0.373. The summed E-state index contributed by atoms with van der Waals surface area (Å²) in [5.41, 5.74) is 1.90. The second-order valence-corrected chi connectivity index (χ2v) is 6.25. The van der Waals surface area contributed by atoms with Crippen LogP contribution in [0.2, 0.25) is 0 Å². The molecule has 1 heterocycles. The monoisotopic (exact) mass is 376 g/mol. The van der Waals surface area contributed by atoms with E-state index in [1.807, 2.05) is 24.3 Å². The minimum absolute atomic E-state index is 0.370. The van der Waals surface area contributed by atoms with Gasteiger partial charge in [-0.3, -0.25) is 10.1 Å². The quantitative estimate of drug-likeness (QED) is 0.426. The van der Waals surface area contributed by atoms with Crippen molar-refractivity contribution >= 4 is 17.6 Å². The predicted molar refractivity (Wildman–Crippen MR) is 102 cm³/mol. The van der Waals surface area contributed by atoms with Crippen molar-refractivity contribution in [2.24, 2.45) is 0 Å². The Hall–Kier alpha value is -4.00. The van der Waals surface area contributed by atoms with Crippen LogP contribution in [0.25, 0.3) is 0 Å². The number of hydrogen-bond acceptors (Lipinski definition) is 5. The lowest BCUT2D eigenvalue weighted by Gasteiger charge is -2.22. The van der Waals surface area contributed by atoms with Gasteiger partial charge >= 0.3 is 6.03 Å². The average molecular weight is 376 g/mol. The number of ether oxygens (including phenoxy) is 1. The summed E-state index contributed by atoms with van der Waals surface area (Å²) in [6, 6.07) is 15.9. The van der Waals surface area contributed by atoms with Crippen LogP contribution in [-0.4, -0.2) is 22.2 Å². The van der Waals surface area contributed by atoms with Crippen molar-refractivity contribution in [1.29, 1.82) is 0 Å². The fourth-order valence-corrected chi connectivity index (χ4v) is 3.10. The number of nitrogens with one attached hydrogen (secondary N) is 2.